The van der Waals surface area contributed by atoms with Crippen LogP contribution in [0.4, 0.5) is 0 Å². The average molecular weight is 431 g/mol. The molecule has 172 valence electrons. The van der Waals surface area contributed by atoms with E-state index < -0.39 is 11.0 Å². The third-order valence-electron chi connectivity index (χ3n) is 9.67. The predicted molar refractivity (Wildman–Crippen MR) is 117 cm³/mol. The van der Waals surface area contributed by atoms with Crippen LogP contribution in [0.15, 0.2) is 11.6 Å². The number of hydrogen-bond donors (Lipinski definition) is 1. The Morgan fingerprint density at radius 2 is 1.84 bits per heavy atom. The fourth-order valence-electron chi connectivity index (χ4n) is 7.69. The molecule has 0 amide bonds. The van der Waals surface area contributed by atoms with Gasteiger partial charge in [-0.05, 0) is 80.6 Å². The second-order valence-electron chi connectivity index (χ2n) is 11.0. The molecular formula is C26H38O5. The molecule has 4 aliphatic rings. The first-order chi connectivity index (χ1) is 14.7. The molecule has 0 radical (unpaired) electrons. The van der Waals surface area contributed by atoms with Crippen LogP contribution in [0.25, 0.3) is 0 Å². The molecule has 0 heterocycles. The van der Waals surface area contributed by atoms with Crippen molar-refractivity contribution in [3.8, 4) is 0 Å². The summed E-state index contributed by atoms with van der Waals surface area (Å²) in [6.45, 7) is 6.12. The van der Waals surface area contributed by atoms with Crippen LogP contribution in [-0.4, -0.2) is 34.9 Å². The maximum atomic E-state index is 13.1. The summed E-state index contributed by atoms with van der Waals surface area (Å²) in [5.74, 6) is 0.874. The van der Waals surface area contributed by atoms with Crippen molar-refractivity contribution in [2.45, 2.75) is 97.0 Å². The summed E-state index contributed by atoms with van der Waals surface area (Å²) in [6, 6.07) is 0. The zero-order valence-electron chi connectivity index (χ0n) is 19.4. The Balaban J connectivity index is 1.50. The molecule has 0 bridgehead atoms. The largest absolute Gasteiger partial charge is 0.458 e. The van der Waals surface area contributed by atoms with E-state index >= 15 is 0 Å². The SMILES string of the molecule is CCCCC(=O)OCC(=O)[C@@]1(O)CC[C@H]2[C@@H]3CCC4=CC(=O)CC[C@]4(C)[C@H]3CC[C@@]21C. The summed E-state index contributed by atoms with van der Waals surface area (Å²) in [7, 11) is 0. The fourth-order valence-corrected chi connectivity index (χ4v) is 7.69. The Labute approximate surface area is 186 Å². The van der Waals surface area contributed by atoms with Crippen molar-refractivity contribution in [2.75, 3.05) is 6.61 Å². The quantitative estimate of drug-likeness (QED) is 0.625. The minimum atomic E-state index is -1.41. The Hall–Kier alpha value is -1.49. The van der Waals surface area contributed by atoms with Crippen molar-refractivity contribution in [1.82, 2.24) is 0 Å². The fraction of sp³-hybridized carbons (Fsp3) is 0.808. The van der Waals surface area contributed by atoms with E-state index in [9.17, 15) is 19.5 Å². The van der Waals surface area contributed by atoms with Crippen molar-refractivity contribution in [3.05, 3.63) is 11.6 Å². The number of aliphatic hydroxyl groups is 1. The highest BCUT2D eigenvalue weighted by molar-refractivity contribution is 5.92. The molecule has 0 aromatic rings. The minimum Gasteiger partial charge on any atom is -0.458 e. The first kappa shape index (κ1) is 22.7. The van der Waals surface area contributed by atoms with Gasteiger partial charge < -0.3 is 9.84 Å². The second kappa shape index (κ2) is 8.13. The number of allylic oxidation sites excluding steroid dienone is 1. The number of ether oxygens (including phenoxy) is 1. The molecule has 0 spiro atoms. The zero-order chi connectivity index (χ0) is 22.4. The van der Waals surface area contributed by atoms with E-state index in [1.807, 2.05) is 13.0 Å². The number of ketones is 2. The van der Waals surface area contributed by atoms with Gasteiger partial charge in [0.25, 0.3) is 0 Å². The Kier molecular flexibility index (Phi) is 5.95. The molecule has 5 heteroatoms. The van der Waals surface area contributed by atoms with Crippen LogP contribution in [0.2, 0.25) is 0 Å². The van der Waals surface area contributed by atoms with Crippen molar-refractivity contribution in [1.29, 1.82) is 0 Å². The van der Waals surface area contributed by atoms with Crippen molar-refractivity contribution in [3.63, 3.8) is 0 Å². The second-order valence-corrected chi connectivity index (χ2v) is 11.0. The number of carbonyl (C=O) groups is 3. The highest BCUT2D eigenvalue weighted by Crippen LogP contribution is 2.67. The van der Waals surface area contributed by atoms with Gasteiger partial charge in [0.2, 0.25) is 5.78 Å². The van der Waals surface area contributed by atoms with Crippen LogP contribution in [-0.2, 0) is 19.1 Å². The number of esters is 1. The summed E-state index contributed by atoms with van der Waals surface area (Å²) in [6.07, 6.45) is 10.5. The predicted octanol–water partition coefficient (Wildman–Crippen LogP) is 4.55. The van der Waals surface area contributed by atoms with Gasteiger partial charge in [0.05, 0.1) is 0 Å². The van der Waals surface area contributed by atoms with Gasteiger partial charge in [-0.2, -0.15) is 0 Å². The van der Waals surface area contributed by atoms with Gasteiger partial charge in [0, 0.05) is 18.3 Å². The lowest BCUT2D eigenvalue weighted by Gasteiger charge is -2.58. The van der Waals surface area contributed by atoms with Crippen molar-refractivity contribution >= 4 is 17.5 Å². The van der Waals surface area contributed by atoms with Crippen molar-refractivity contribution < 1.29 is 24.2 Å². The third kappa shape index (κ3) is 3.51. The molecule has 0 aromatic heterocycles. The number of carbonyl (C=O) groups excluding carboxylic acids is 3. The normalized spacial score (nSPS) is 41.6. The molecule has 5 nitrogen and oxygen atoms in total. The van der Waals surface area contributed by atoms with Gasteiger partial charge in [0.1, 0.15) is 5.60 Å². The molecule has 0 saturated heterocycles. The third-order valence-corrected chi connectivity index (χ3v) is 9.67. The molecule has 1 N–H and O–H groups in total. The number of rotatable bonds is 6. The summed E-state index contributed by atoms with van der Waals surface area (Å²) >= 11 is 0. The summed E-state index contributed by atoms with van der Waals surface area (Å²) in [4.78, 5) is 37.0. The molecule has 0 aliphatic heterocycles. The molecule has 4 rings (SSSR count). The standard InChI is InChI=1S/C26H38O5/c1-4-5-6-23(29)31-16-22(28)26(30)14-11-21-19-8-7-17-15-18(27)9-12-24(17,2)20(19)10-13-25(21,26)3/h15,19-21,30H,4-14,16H2,1-3H3/t19-,20+,21+,24+,25+,26+/m1/s1. The van der Waals surface area contributed by atoms with Crippen molar-refractivity contribution in [2.24, 2.45) is 28.6 Å². The highest BCUT2D eigenvalue weighted by Gasteiger charge is 2.66. The van der Waals surface area contributed by atoms with Crippen LogP contribution in [0.3, 0.4) is 0 Å². The lowest BCUT2D eigenvalue weighted by molar-refractivity contribution is -0.170. The summed E-state index contributed by atoms with van der Waals surface area (Å²) in [5, 5.41) is 11.6. The first-order valence-electron chi connectivity index (χ1n) is 12.3. The minimum absolute atomic E-state index is 0.0810. The summed E-state index contributed by atoms with van der Waals surface area (Å²) in [5.41, 5.74) is -0.467. The van der Waals surface area contributed by atoms with E-state index in [1.165, 1.54) is 5.57 Å². The van der Waals surface area contributed by atoms with E-state index in [1.54, 1.807) is 0 Å². The lowest BCUT2D eigenvalue weighted by atomic mass is 9.46. The zero-order valence-corrected chi connectivity index (χ0v) is 19.4. The van der Waals surface area contributed by atoms with E-state index in [0.29, 0.717) is 37.0 Å². The summed E-state index contributed by atoms with van der Waals surface area (Å²) < 4.78 is 5.22. The van der Waals surface area contributed by atoms with Crippen LogP contribution in [0.5, 0.6) is 0 Å². The van der Waals surface area contributed by atoms with Gasteiger partial charge in [0.15, 0.2) is 12.4 Å². The van der Waals surface area contributed by atoms with Gasteiger partial charge in [-0.25, -0.2) is 0 Å². The number of hydrogen-bond acceptors (Lipinski definition) is 5. The Morgan fingerprint density at radius 3 is 2.58 bits per heavy atom. The van der Waals surface area contributed by atoms with E-state index in [0.717, 1.165) is 51.4 Å². The van der Waals surface area contributed by atoms with Gasteiger partial charge in [-0.3, -0.25) is 14.4 Å². The van der Waals surface area contributed by atoms with Gasteiger partial charge in [-0.1, -0.05) is 32.8 Å². The molecule has 3 fully saturated rings. The number of fused-ring (bicyclic) bond motifs is 5. The topological polar surface area (TPSA) is 80.7 Å². The molecule has 0 aromatic carbocycles. The van der Waals surface area contributed by atoms with E-state index in [-0.39, 0.29) is 29.6 Å². The van der Waals surface area contributed by atoms with Crippen LogP contribution in [0, 0.1) is 28.6 Å². The van der Waals surface area contributed by atoms with Crippen LogP contribution in [0.1, 0.15) is 91.4 Å². The number of Topliss-reactive ketones (excluding diaryl/α,β-unsaturated/α-hetero) is 1. The average Bonchev–Trinajstić information content (AvgIpc) is 3.03. The highest BCUT2D eigenvalue weighted by atomic mass is 16.5. The smallest absolute Gasteiger partial charge is 0.306 e. The maximum Gasteiger partial charge on any atom is 0.306 e. The Bertz CT molecular complexity index is 800. The first-order valence-corrected chi connectivity index (χ1v) is 12.3. The Morgan fingerprint density at radius 1 is 1.10 bits per heavy atom. The van der Waals surface area contributed by atoms with Crippen LogP contribution >= 0.6 is 0 Å². The molecule has 6 atom stereocenters. The molecule has 3 saturated carbocycles. The molecular weight excluding hydrogens is 392 g/mol. The molecule has 0 unspecified atom stereocenters. The van der Waals surface area contributed by atoms with Crippen LogP contribution < -0.4 is 0 Å². The van der Waals surface area contributed by atoms with Gasteiger partial charge in [-0.15, -0.1) is 0 Å². The molecule has 4 aliphatic carbocycles. The maximum absolute atomic E-state index is 13.1. The number of unbranched alkanes of at least 4 members (excludes halogenated alkanes) is 1. The van der Waals surface area contributed by atoms with E-state index in [4.69, 9.17) is 4.74 Å². The van der Waals surface area contributed by atoms with E-state index in [2.05, 4.69) is 13.8 Å². The molecule has 31 heavy (non-hydrogen) atoms. The monoisotopic (exact) mass is 430 g/mol. The van der Waals surface area contributed by atoms with Gasteiger partial charge >= 0.3 is 5.97 Å². The lowest BCUT2D eigenvalue weighted by Crippen LogP contribution is -2.58.